The summed E-state index contributed by atoms with van der Waals surface area (Å²) in [6.45, 7) is 0.462. The summed E-state index contributed by atoms with van der Waals surface area (Å²) in [5.41, 5.74) is 0.872. The van der Waals surface area contributed by atoms with E-state index < -0.39 is 0 Å². The van der Waals surface area contributed by atoms with Crippen molar-refractivity contribution in [2.45, 2.75) is 50.4 Å². The molecule has 4 heterocycles. The molecule has 2 aliphatic rings. The quantitative estimate of drug-likeness (QED) is 0.931. The van der Waals surface area contributed by atoms with E-state index in [1.54, 1.807) is 12.4 Å². The third kappa shape index (κ3) is 3.57. The highest BCUT2D eigenvalue weighted by Gasteiger charge is 2.44. The molecule has 2 atom stereocenters. The van der Waals surface area contributed by atoms with E-state index in [1.165, 1.54) is 0 Å². The molecule has 25 heavy (non-hydrogen) atoms. The third-order valence-corrected chi connectivity index (χ3v) is 5.00. The Morgan fingerprint density at radius 2 is 1.80 bits per heavy atom. The number of pyridine rings is 2. The molecule has 0 saturated carbocycles. The molecule has 0 aliphatic carbocycles. The molecule has 2 aromatic heterocycles. The summed E-state index contributed by atoms with van der Waals surface area (Å²) in [6.07, 6.45) is 7.43. The number of piperidine rings is 1. The number of carbonyl (C=O) groups excluding carboxylic acids is 1. The lowest BCUT2D eigenvalue weighted by atomic mass is 10.00. The third-order valence-electron chi connectivity index (χ3n) is 5.00. The number of amides is 2. The summed E-state index contributed by atoms with van der Waals surface area (Å²) < 4.78 is 6.01. The first-order chi connectivity index (χ1) is 12.3. The molecule has 2 aliphatic heterocycles. The number of aromatic nitrogens is 2. The maximum absolute atomic E-state index is 12.6. The van der Waals surface area contributed by atoms with Crippen molar-refractivity contribution in [3.05, 3.63) is 54.5 Å². The van der Waals surface area contributed by atoms with Gasteiger partial charge in [-0.1, -0.05) is 12.1 Å². The van der Waals surface area contributed by atoms with Gasteiger partial charge in [-0.2, -0.15) is 0 Å². The predicted molar refractivity (Wildman–Crippen MR) is 93.0 cm³/mol. The van der Waals surface area contributed by atoms with Crippen molar-refractivity contribution in [2.75, 3.05) is 0 Å². The van der Waals surface area contributed by atoms with Crippen LogP contribution in [-0.4, -0.2) is 39.1 Å². The Hall–Kier alpha value is -2.63. The van der Waals surface area contributed by atoms with E-state index >= 15 is 0 Å². The highest BCUT2D eigenvalue weighted by molar-refractivity contribution is 5.75. The van der Waals surface area contributed by atoms with Gasteiger partial charge in [0.2, 0.25) is 5.88 Å². The minimum Gasteiger partial charge on any atom is -0.474 e. The van der Waals surface area contributed by atoms with Crippen molar-refractivity contribution in [1.82, 2.24) is 20.2 Å². The number of nitrogens with one attached hydrogen (secondary N) is 1. The van der Waals surface area contributed by atoms with Gasteiger partial charge in [0.15, 0.2) is 0 Å². The van der Waals surface area contributed by atoms with Crippen molar-refractivity contribution in [3.63, 3.8) is 0 Å². The smallest absolute Gasteiger partial charge is 0.318 e. The normalized spacial score (nSPS) is 24.8. The van der Waals surface area contributed by atoms with E-state index in [2.05, 4.69) is 15.3 Å². The Bertz CT molecular complexity index is 696. The number of fused-ring (bicyclic) bond motifs is 2. The maximum atomic E-state index is 12.6. The molecule has 2 bridgehead atoms. The highest BCUT2D eigenvalue weighted by atomic mass is 16.5. The number of hydrogen-bond acceptors (Lipinski definition) is 4. The van der Waals surface area contributed by atoms with E-state index in [0.29, 0.717) is 12.4 Å². The van der Waals surface area contributed by atoms with Gasteiger partial charge in [0.05, 0.1) is 12.2 Å². The van der Waals surface area contributed by atoms with Crippen molar-refractivity contribution >= 4 is 6.03 Å². The molecule has 2 unspecified atom stereocenters. The van der Waals surface area contributed by atoms with Gasteiger partial charge in [-0.25, -0.2) is 9.78 Å². The molecule has 0 spiro atoms. The first kappa shape index (κ1) is 15.9. The van der Waals surface area contributed by atoms with Gasteiger partial charge in [0.25, 0.3) is 0 Å². The fourth-order valence-corrected chi connectivity index (χ4v) is 3.90. The molecule has 0 radical (unpaired) electrons. The van der Waals surface area contributed by atoms with Gasteiger partial charge >= 0.3 is 6.03 Å². The number of urea groups is 1. The lowest BCUT2D eigenvalue weighted by Crippen LogP contribution is -2.52. The van der Waals surface area contributed by atoms with Crippen LogP contribution in [-0.2, 0) is 6.54 Å². The van der Waals surface area contributed by atoms with Crippen LogP contribution in [0.5, 0.6) is 5.88 Å². The first-order valence-corrected chi connectivity index (χ1v) is 8.83. The highest BCUT2D eigenvalue weighted by Crippen LogP contribution is 2.37. The topological polar surface area (TPSA) is 67.4 Å². The Morgan fingerprint density at radius 1 is 1.08 bits per heavy atom. The lowest BCUT2D eigenvalue weighted by Gasteiger charge is -2.38. The molecular formula is C19H22N4O2. The number of ether oxygens (including phenoxy) is 1. The van der Waals surface area contributed by atoms with Gasteiger partial charge in [0.1, 0.15) is 6.10 Å². The van der Waals surface area contributed by atoms with E-state index in [0.717, 1.165) is 31.4 Å². The summed E-state index contributed by atoms with van der Waals surface area (Å²) in [5.74, 6) is 0.667. The minimum atomic E-state index is 0.00874. The summed E-state index contributed by atoms with van der Waals surface area (Å²) >= 11 is 0. The second kappa shape index (κ2) is 7.09. The molecule has 6 nitrogen and oxygen atoms in total. The maximum Gasteiger partial charge on any atom is 0.318 e. The number of carbonyl (C=O) groups is 1. The molecule has 6 heteroatoms. The summed E-state index contributed by atoms with van der Waals surface area (Å²) in [5, 5.41) is 3.01. The van der Waals surface area contributed by atoms with Gasteiger partial charge in [-0.3, -0.25) is 4.98 Å². The number of rotatable bonds is 4. The van der Waals surface area contributed by atoms with Gasteiger partial charge < -0.3 is 15.0 Å². The molecule has 2 aromatic rings. The summed E-state index contributed by atoms with van der Waals surface area (Å²) in [6, 6.07) is 11.9. The van der Waals surface area contributed by atoms with E-state index in [4.69, 9.17) is 4.74 Å². The minimum absolute atomic E-state index is 0.00874. The van der Waals surface area contributed by atoms with E-state index in [-0.39, 0.29) is 24.2 Å². The molecule has 2 amide bonds. The second-order valence-corrected chi connectivity index (χ2v) is 6.65. The van der Waals surface area contributed by atoms with Crippen molar-refractivity contribution < 1.29 is 9.53 Å². The fraction of sp³-hybridized carbons (Fsp3) is 0.421. The number of nitrogens with zero attached hydrogens (tertiary/aromatic N) is 3. The number of hydrogen-bond donors (Lipinski definition) is 1. The Balaban J connectivity index is 1.34. The molecule has 130 valence electrons. The van der Waals surface area contributed by atoms with E-state index in [9.17, 15) is 4.79 Å². The molecule has 2 fully saturated rings. The largest absolute Gasteiger partial charge is 0.474 e. The van der Waals surface area contributed by atoms with Crippen LogP contribution in [0.2, 0.25) is 0 Å². The molecule has 4 rings (SSSR count). The monoisotopic (exact) mass is 338 g/mol. The van der Waals surface area contributed by atoms with Crippen LogP contribution >= 0.6 is 0 Å². The average molecular weight is 338 g/mol. The zero-order chi connectivity index (χ0) is 17.1. The van der Waals surface area contributed by atoms with Crippen LogP contribution < -0.4 is 10.1 Å². The van der Waals surface area contributed by atoms with Crippen LogP contribution in [0.3, 0.4) is 0 Å². The molecule has 0 aromatic carbocycles. The molecule has 1 N–H and O–H groups in total. The Kier molecular flexibility index (Phi) is 4.50. The fourth-order valence-electron chi connectivity index (χ4n) is 3.90. The predicted octanol–water partition coefficient (Wildman–Crippen LogP) is 2.76. The van der Waals surface area contributed by atoms with Crippen LogP contribution in [0, 0.1) is 0 Å². The molecule has 2 saturated heterocycles. The SMILES string of the molecule is O=C(NCc1ccccn1)N1C2CCC1CC(Oc1ccccn1)C2. The lowest BCUT2D eigenvalue weighted by molar-refractivity contribution is 0.0660. The standard InChI is InChI=1S/C19H22N4O2/c24-19(22-13-14-5-1-3-9-20-14)23-15-7-8-16(23)12-17(11-15)25-18-6-2-4-10-21-18/h1-6,9-10,15-17H,7-8,11-13H2,(H,22,24). The zero-order valence-corrected chi connectivity index (χ0v) is 14.0. The Labute approximate surface area is 147 Å². The van der Waals surface area contributed by atoms with Crippen LogP contribution in [0.15, 0.2) is 48.8 Å². The van der Waals surface area contributed by atoms with Crippen molar-refractivity contribution in [1.29, 1.82) is 0 Å². The average Bonchev–Trinajstić information content (AvgIpc) is 2.92. The van der Waals surface area contributed by atoms with Gasteiger partial charge in [0, 0.05) is 43.4 Å². The summed E-state index contributed by atoms with van der Waals surface area (Å²) in [7, 11) is 0. The second-order valence-electron chi connectivity index (χ2n) is 6.65. The zero-order valence-electron chi connectivity index (χ0n) is 14.0. The van der Waals surface area contributed by atoms with Crippen LogP contribution in [0.4, 0.5) is 4.79 Å². The summed E-state index contributed by atoms with van der Waals surface area (Å²) in [4.78, 5) is 23.1. The molecular weight excluding hydrogens is 316 g/mol. The van der Waals surface area contributed by atoms with Gasteiger partial charge in [-0.05, 0) is 31.0 Å². The Morgan fingerprint density at radius 3 is 2.44 bits per heavy atom. The van der Waals surface area contributed by atoms with Crippen molar-refractivity contribution in [2.24, 2.45) is 0 Å². The van der Waals surface area contributed by atoms with Gasteiger partial charge in [-0.15, -0.1) is 0 Å². The van der Waals surface area contributed by atoms with Crippen LogP contribution in [0.1, 0.15) is 31.4 Å². The first-order valence-electron chi connectivity index (χ1n) is 8.83. The van der Waals surface area contributed by atoms with Crippen molar-refractivity contribution in [3.8, 4) is 5.88 Å². The van der Waals surface area contributed by atoms with E-state index in [1.807, 2.05) is 41.3 Å². The van der Waals surface area contributed by atoms with Crippen LogP contribution in [0.25, 0.3) is 0 Å².